The van der Waals surface area contributed by atoms with Crippen LogP contribution in [0, 0.1) is 13.8 Å². The van der Waals surface area contributed by atoms with Crippen LogP contribution in [0.5, 0.6) is 0 Å². The lowest BCUT2D eigenvalue weighted by atomic mass is 10.1. The molecule has 134 valence electrons. The lowest BCUT2D eigenvalue weighted by Crippen LogP contribution is -2.23. The molecule has 2 rings (SSSR count). The number of amides is 1. The van der Waals surface area contributed by atoms with Crippen molar-refractivity contribution in [1.29, 1.82) is 0 Å². The predicted molar refractivity (Wildman–Crippen MR) is 83.0 cm³/mol. The number of anilines is 1. The summed E-state index contributed by atoms with van der Waals surface area (Å²) in [6.07, 6.45) is -4.69. The quantitative estimate of drug-likeness (QED) is 0.856. The van der Waals surface area contributed by atoms with Crippen molar-refractivity contribution < 1.29 is 27.5 Å². The summed E-state index contributed by atoms with van der Waals surface area (Å²) in [5.41, 5.74) is -0.0168. The SMILES string of the molecule is Cc1nn(C)c(C)c1NC(=O)COC(=O)c1ccccc1C(F)(F)F. The molecule has 0 aliphatic carbocycles. The molecule has 0 saturated heterocycles. The van der Waals surface area contributed by atoms with Crippen molar-refractivity contribution in [2.45, 2.75) is 20.0 Å². The van der Waals surface area contributed by atoms with Crippen LogP contribution >= 0.6 is 0 Å². The molecule has 9 heteroatoms. The minimum atomic E-state index is -4.69. The summed E-state index contributed by atoms with van der Waals surface area (Å²) in [5.74, 6) is -1.89. The Morgan fingerprint density at radius 3 is 2.44 bits per heavy atom. The van der Waals surface area contributed by atoms with Gasteiger partial charge in [-0.1, -0.05) is 12.1 Å². The van der Waals surface area contributed by atoms with E-state index in [1.165, 1.54) is 12.1 Å². The average Bonchev–Trinajstić information content (AvgIpc) is 2.78. The van der Waals surface area contributed by atoms with Crippen LogP contribution in [-0.4, -0.2) is 28.3 Å². The van der Waals surface area contributed by atoms with Gasteiger partial charge in [-0.15, -0.1) is 0 Å². The normalized spacial score (nSPS) is 11.3. The van der Waals surface area contributed by atoms with Crippen molar-refractivity contribution in [1.82, 2.24) is 9.78 Å². The van der Waals surface area contributed by atoms with Gasteiger partial charge < -0.3 is 10.1 Å². The van der Waals surface area contributed by atoms with Crippen LogP contribution in [0.3, 0.4) is 0 Å². The van der Waals surface area contributed by atoms with Gasteiger partial charge in [-0.25, -0.2) is 4.79 Å². The second-order valence-electron chi connectivity index (χ2n) is 5.34. The number of halogens is 3. The van der Waals surface area contributed by atoms with Crippen molar-refractivity contribution in [3.63, 3.8) is 0 Å². The molecule has 0 radical (unpaired) electrons. The summed E-state index contributed by atoms with van der Waals surface area (Å²) in [6.45, 7) is 2.72. The zero-order valence-electron chi connectivity index (χ0n) is 13.8. The molecular formula is C16H16F3N3O3. The predicted octanol–water partition coefficient (Wildman–Crippen LogP) is 2.85. The average molecular weight is 355 g/mol. The Morgan fingerprint density at radius 2 is 1.88 bits per heavy atom. The Morgan fingerprint density at radius 1 is 1.24 bits per heavy atom. The molecule has 2 aromatic rings. The zero-order valence-corrected chi connectivity index (χ0v) is 13.8. The molecule has 0 atom stereocenters. The van der Waals surface area contributed by atoms with E-state index in [0.29, 0.717) is 17.1 Å². The summed E-state index contributed by atoms with van der Waals surface area (Å²) in [6, 6.07) is 4.23. The van der Waals surface area contributed by atoms with Crippen LogP contribution in [0.1, 0.15) is 27.3 Å². The Kier molecular flexibility index (Phi) is 5.15. The molecule has 1 N–H and O–H groups in total. The Bertz CT molecular complexity index is 813. The molecule has 1 amide bonds. The number of nitrogens with zero attached hydrogens (tertiary/aromatic N) is 2. The fraction of sp³-hybridized carbons (Fsp3) is 0.312. The zero-order chi connectivity index (χ0) is 18.8. The van der Waals surface area contributed by atoms with E-state index in [9.17, 15) is 22.8 Å². The summed E-state index contributed by atoms with van der Waals surface area (Å²) in [4.78, 5) is 23.8. The number of hydrogen-bond acceptors (Lipinski definition) is 4. The second kappa shape index (κ2) is 6.96. The molecule has 0 aliphatic heterocycles. The molecule has 1 aromatic carbocycles. The number of carbonyl (C=O) groups excluding carboxylic acids is 2. The molecule has 0 fully saturated rings. The number of alkyl halides is 3. The third kappa shape index (κ3) is 4.17. The van der Waals surface area contributed by atoms with E-state index in [1.54, 1.807) is 25.6 Å². The molecule has 0 spiro atoms. The molecule has 0 aliphatic rings. The van der Waals surface area contributed by atoms with Crippen molar-refractivity contribution >= 4 is 17.6 Å². The topological polar surface area (TPSA) is 73.2 Å². The maximum Gasteiger partial charge on any atom is 0.417 e. The summed E-state index contributed by atoms with van der Waals surface area (Å²) < 4.78 is 44.9. The van der Waals surface area contributed by atoms with Gasteiger partial charge in [-0.2, -0.15) is 18.3 Å². The van der Waals surface area contributed by atoms with Gasteiger partial charge in [0.1, 0.15) is 0 Å². The van der Waals surface area contributed by atoms with E-state index in [-0.39, 0.29) is 0 Å². The summed E-state index contributed by atoms with van der Waals surface area (Å²) >= 11 is 0. The Hall–Kier alpha value is -2.84. The Labute approximate surface area is 141 Å². The highest BCUT2D eigenvalue weighted by Gasteiger charge is 2.35. The highest BCUT2D eigenvalue weighted by Crippen LogP contribution is 2.32. The van der Waals surface area contributed by atoms with E-state index in [0.717, 1.165) is 12.1 Å². The van der Waals surface area contributed by atoms with Crippen LogP contribution in [0.15, 0.2) is 24.3 Å². The number of benzene rings is 1. The lowest BCUT2D eigenvalue weighted by molar-refractivity contribution is -0.138. The van der Waals surface area contributed by atoms with E-state index in [4.69, 9.17) is 4.74 Å². The van der Waals surface area contributed by atoms with Crippen LogP contribution in [0.25, 0.3) is 0 Å². The monoisotopic (exact) mass is 355 g/mol. The van der Waals surface area contributed by atoms with Gasteiger partial charge in [0.2, 0.25) is 0 Å². The van der Waals surface area contributed by atoms with Gasteiger partial charge in [-0.05, 0) is 26.0 Å². The van der Waals surface area contributed by atoms with Gasteiger partial charge in [0.05, 0.1) is 28.2 Å². The van der Waals surface area contributed by atoms with E-state index in [1.807, 2.05) is 0 Å². The molecule has 0 saturated carbocycles. The first-order valence-corrected chi connectivity index (χ1v) is 7.24. The maximum absolute atomic E-state index is 12.9. The van der Waals surface area contributed by atoms with Crippen molar-refractivity contribution in [3.05, 3.63) is 46.8 Å². The van der Waals surface area contributed by atoms with Gasteiger partial charge in [0, 0.05) is 7.05 Å². The first-order chi connectivity index (χ1) is 11.6. The smallest absolute Gasteiger partial charge is 0.417 e. The van der Waals surface area contributed by atoms with Gasteiger partial charge in [0.15, 0.2) is 6.61 Å². The first-order valence-electron chi connectivity index (χ1n) is 7.24. The lowest BCUT2D eigenvalue weighted by Gasteiger charge is -2.12. The fourth-order valence-electron chi connectivity index (χ4n) is 2.25. The minimum Gasteiger partial charge on any atom is -0.452 e. The first kappa shape index (κ1) is 18.5. The van der Waals surface area contributed by atoms with Crippen molar-refractivity contribution in [2.24, 2.45) is 7.05 Å². The van der Waals surface area contributed by atoms with Gasteiger partial charge >= 0.3 is 12.1 Å². The molecule has 1 heterocycles. The van der Waals surface area contributed by atoms with Crippen LogP contribution < -0.4 is 5.32 Å². The van der Waals surface area contributed by atoms with Crippen LogP contribution in [-0.2, 0) is 22.8 Å². The molecule has 25 heavy (non-hydrogen) atoms. The second-order valence-corrected chi connectivity index (χ2v) is 5.34. The summed E-state index contributed by atoms with van der Waals surface area (Å²) in [7, 11) is 1.70. The van der Waals surface area contributed by atoms with E-state index >= 15 is 0 Å². The highest BCUT2D eigenvalue weighted by molar-refractivity contribution is 5.96. The number of carbonyl (C=O) groups is 2. The largest absolute Gasteiger partial charge is 0.452 e. The number of hydrogen-bond donors (Lipinski definition) is 1. The van der Waals surface area contributed by atoms with E-state index in [2.05, 4.69) is 10.4 Å². The summed E-state index contributed by atoms with van der Waals surface area (Å²) in [5, 5.41) is 6.64. The number of ether oxygens (including phenoxy) is 1. The minimum absolute atomic E-state index is 0.472. The van der Waals surface area contributed by atoms with E-state index < -0.39 is 35.8 Å². The number of aromatic nitrogens is 2. The third-order valence-corrected chi connectivity index (χ3v) is 3.56. The molecule has 6 nitrogen and oxygen atoms in total. The molecule has 0 unspecified atom stereocenters. The highest BCUT2D eigenvalue weighted by atomic mass is 19.4. The van der Waals surface area contributed by atoms with Gasteiger partial charge in [-0.3, -0.25) is 9.48 Å². The van der Waals surface area contributed by atoms with Crippen molar-refractivity contribution in [3.8, 4) is 0 Å². The molecule has 1 aromatic heterocycles. The van der Waals surface area contributed by atoms with Crippen molar-refractivity contribution in [2.75, 3.05) is 11.9 Å². The van der Waals surface area contributed by atoms with Crippen LogP contribution in [0.4, 0.5) is 18.9 Å². The Balaban J connectivity index is 2.04. The number of aryl methyl sites for hydroxylation is 2. The number of esters is 1. The number of rotatable bonds is 4. The maximum atomic E-state index is 12.9. The third-order valence-electron chi connectivity index (χ3n) is 3.56. The standard InChI is InChI=1S/C16H16F3N3O3/c1-9-14(10(2)22(3)21-9)20-13(23)8-25-15(24)11-6-4-5-7-12(11)16(17,18)19/h4-7H,8H2,1-3H3,(H,20,23). The molecular weight excluding hydrogens is 339 g/mol. The van der Waals surface area contributed by atoms with Crippen LogP contribution in [0.2, 0.25) is 0 Å². The molecule has 0 bridgehead atoms. The fourth-order valence-corrected chi connectivity index (χ4v) is 2.25. The van der Waals surface area contributed by atoms with Gasteiger partial charge in [0.25, 0.3) is 5.91 Å². The number of nitrogens with one attached hydrogen (secondary N) is 1.